The Morgan fingerprint density at radius 3 is 2.82 bits per heavy atom. The van der Waals surface area contributed by atoms with Gasteiger partial charge in [-0.05, 0) is 25.1 Å². The zero-order valence-corrected chi connectivity index (χ0v) is 9.65. The van der Waals surface area contributed by atoms with E-state index in [0.29, 0.717) is 21.6 Å². The number of nitrogens with zero attached hydrogens (tertiary/aromatic N) is 1. The van der Waals surface area contributed by atoms with Gasteiger partial charge in [-0.25, -0.2) is 4.79 Å². The molecule has 0 amide bonds. The van der Waals surface area contributed by atoms with Crippen molar-refractivity contribution in [3.05, 3.63) is 54.9 Å². The number of hydrogen-bond acceptors (Lipinski definition) is 4. The van der Waals surface area contributed by atoms with Gasteiger partial charge in [0.2, 0.25) is 6.54 Å². The van der Waals surface area contributed by atoms with Crippen LogP contribution in [-0.4, -0.2) is 4.92 Å². The summed E-state index contributed by atoms with van der Waals surface area (Å²) in [5, 5.41) is 11.5. The van der Waals surface area contributed by atoms with Crippen LogP contribution in [-0.2, 0) is 6.54 Å². The Morgan fingerprint density at radius 2 is 2.18 bits per heavy atom. The summed E-state index contributed by atoms with van der Waals surface area (Å²) in [5.74, 6) is 0. The van der Waals surface area contributed by atoms with E-state index in [0.717, 1.165) is 0 Å². The van der Waals surface area contributed by atoms with Crippen LogP contribution in [0.3, 0.4) is 0 Å². The summed E-state index contributed by atoms with van der Waals surface area (Å²) >= 11 is 5.83. The average molecular weight is 254 g/mol. The predicted octanol–water partition coefficient (Wildman–Crippen LogP) is 2.53. The first-order valence-corrected chi connectivity index (χ1v) is 5.20. The van der Waals surface area contributed by atoms with Gasteiger partial charge >= 0.3 is 5.63 Å². The second kappa shape index (κ2) is 4.18. The van der Waals surface area contributed by atoms with Crippen molar-refractivity contribution in [3.63, 3.8) is 0 Å². The summed E-state index contributed by atoms with van der Waals surface area (Å²) in [4.78, 5) is 21.6. The number of hydrogen-bond donors (Lipinski definition) is 0. The Hall–Kier alpha value is -1.88. The van der Waals surface area contributed by atoms with Crippen molar-refractivity contribution in [1.29, 1.82) is 0 Å². The molecule has 1 aromatic heterocycles. The zero-order chi connectivity index (χ0) is 12.6. The van der Waals surface area contributed by atoms with Gasteiger partial charge in [-0.15, -0.1) is 0 Å². The lowest BCUT2D eigenvalue weighted by Gasteiger charge is -2.05. The van der Waals surface area contributed by atoms with E-state index in [4.69, 9.17) is 16.0 Å². The van der Waals surface area contributed by atoms with Crippen LogP contribution in [0.15, 0.2) is 27.4 Å². The molecule has 1 heterocycles. The quantitative estimate of drug-likeness (QED) is 0.468. The predicted molar refractivity (Wildman–Crippen MR) is 62.9 cm³/mol. The highest BCUT2D eigenvalue weighted by atomic mass is 35.5. The first-order chi connectivity index (χ1) is 7.99. The second-order valence-electron chi connectivity index (χ2n) is 3.62. The molecule has 0 spiro atoms. The maximum Gasteiger partial charge on any atom is 0.339 e. The SMILES string of the molecule is Cc1c(C[N+](=O)[O-])c2cc(Cl)ccc2oc1=O. The number of nitro groups is 1. The van der Waals surface area contributed by atoms with E-state index in [2.05, 4.69) is 0 Å². The lowest BCUT2D eigenvalue weighted by molar-refractivity contribution is -0.496. The largest absolute Gasteiger partial charge is 0.423 e. The van der Waals surface area contributed by atoms with Crippen molar-refractivity contribution in [2.24, 2.45) is 0 Å². The Morgan fingerprint density at radius 1 is 1.47 bits per heavy atom. The van der Waals surface area contributed by atoms with Gasteiger partial charge in [0.25, 0.3) is 0 Å². The fraction of sp³-hybridized carbons (Fsp3) is 0.182. The van der Waals surface area contributed by atoms with Crippen LogP contribution in [0.1, 0.15) is 11.1 Å². The molecule has 0 atom stereocenters. The van der Waals surface area contributed by atoms with Gasteiger partial charge in [0.05, 0.1) is 0 Å². The highest BCUT2D eigenvalue weighted by molar-refractivity contribution is 6.31. The molecule has 6 heteroatoms. The Balaban J connectivity index is 2.84. The molecule has 2 aromatic rings. The van der Waals surface area contributed by atoms with E-state index >= 15 is 0 Å². The molecule has 0 unspecified atom stereocenters. The first-order valence-electron chi connectivity index (χ1n) is 4.82. The van der Waals surface area contributed by atoms with Gasteiger partial charge in [0, 0.05) is 26.5 Å². The van der Waals surface area contributed by atoms with Gasteiger partial charge in [-0.1, -0.05) is 11.6 Å². The standard InChI is InChI=1S/C11H8ClNO4/c1-6-9(5-13(15)16)8-4-7(12)2-3-10(8)17-11(6)14/h2-4H,5H2,1H3. The van der Waals surface area contributed by atoms with E-state index in [1.165, 1.54) is 13.0 Å². The highest BCUT2D eigenvalue weighted by Gasteiger charge is 2.15. The fourth-order valence-corrected chi connectivity index (χ4v) is 1.83. The van der Waals surface area contributed by atoms with Crippen molar-refractivity contribution < 1.29 is 9.34 Å². The minimum Gasteiger partial charge on any atom is -0.423 e. The Kier molecular flexibility index (Phi) is 2.85. The third kappa shape index (κ3) is 2.14. The minimum atomic E-state index is -0.559. The molecule has 0 saturated heterocycles. The zero-order valence-electron chi connectivity index (χ0n) is 8.90. The summed E-state index contributed by atoms with van der Waals surface area (Å²) in [7, 11) is 0. The van der Waals surface area contributed by atoms with Crippen LogP contribution in [0.25, 0.3) is 11.0 Å². The molecule has 88 valence electrons. The molecular weight excluding hydrogens is 246 g/mol. The third-order valence-electron chi connectivity index (χ3n) is 2.52. The molecule has 1 aromatic carbocycles. The molecule has 0 fully saturated rings. The Bertz CT molecular complexity index is 662. The van der Waals surface area contributed by atoms with Crippen molar-refractivity contribution in [3.8, 4) is 0 Å². The summed E-state index contributed by atoms with van der Waals surface area (Å²) < 4.78 is 5.03. The molecular formula is C11H8ClNO4. The molecule has 0 saturated carbocycles. The molecule has 0 bridgehead atoms. The van der Waals surface area contributed by atoms with Crippen molar-refractivity contribution in [2.75, 3.05) is 0 Å². The first kappa shape index (κ1) is 11.6. The van der Waals surface area contributed by atoms with Gasteiger partial charge in [-0.3, -0.25) is 10.1 Å². The van der Waals surface area contributed by atoms with Crippen LogP contribution in [0.5, 0.6) is 0 Å². The molecule has 0 radical (unpaired) electrons. The van der Waals surface area contributed by atoms with E-state index in [9.17, 15) is 14.9 Å². The minimum absolute atomic E-state index is 0.247. The van der Waals surface area contributed by atoms with Crippen LogP contribution in [0, 0.1) is 17.0 Å². The number of rotatable bonds is 2. The van der Waals surface area contributed by atoms with E-state index in [1.54, 1.807) is 12.1 Å². The average Bonchev–Trinajstić information content (AvgIpc) is 2.25. The molecule has 5 nitrogen and oxygen atoms in total. The maximum absolute atomic E-state index is 11.5. The van der Waals surface area contributed by atoms with E-state index in [-0.39, 0.29) is 5.56 Å². The fourth-order valence-electron chi connectivity index (χ4n) is 1.66. The lowest BCUT2D eigenvalue weighted by Crippen LogP contribution is -2.11. The van der Waals surface area contributed by atoms with Gasteiger partial charge in [0.1, 0.15) is 5.58 Å². The second-order valence-corrected chi connectivity index (χ2v) is 4.06. The maximum atomic E-state index is 11.5. The van der Waals surface area contributed by atoms with E-state index < -0.39 is 17.1 Å². The molecule has 0 aliphatic heterocycles. The number of benzene rings is 1. The Labute approximate surface area is 101 Å². The molecule has 17 heavy (non-hydrogen) atoms. The van der Waals surface area contributed by atoms with Gasteiger partial charge in [-0.2, -0.15) is 0 Å². The topological polar surface area (TPSA) is 73.3 Å². The highest BCUT2D eigenvalue weighted by Crippen LogP contribution is 2.23. The molecule has 0 N–H and O–H groups in total. The lowest BCUT2D eigenvalue weighted by atomic mass is 10.1. The molecule has 2 rings (SSSR count). The number of fused-ring (bicyclic) bond motifs is 1. The van der Waals surface area contributed by atoms with Crippen molar-refractivity contribution in [2.45, 2.75) is 13.5 Å². The summed E-state index contributed by atoms with van der Waals surface area (Å²) in [6.07, 6.45) is 0. The smallest absolute Gasteiger partial charge is 0.339 e. The molecule has 0 aliphatic rings. The van der Waals surface area contributed by atoms with E-state index in [1.807, 2.05) is 0 Å². The van der Waals surface area contributed by atoms with Gasteiger partial charge in [0.15, 0.2) is 0 Å². The van der Waals surface area contributed by atoms with Crippen molar-refractivity contribution >= 4 is 22.6 Å². The number of halogens is 1. The normalized spacial score (nSPS) is 10.7. The summed E-state index contributed by atoms with van der Waals surface area (Å²) in [6, 6.07) is 4.66. The third-order valence-corrected chi connectivity index (χ3v) is 2.75. The van der Waals surface area contributed by atoms with Crippen molar-refractivity contribution in [1.82, 2.24) is 0 Å². The van der Waals surface area contributed by atoms with Crippen LogP contribution < -0.4 is 5.63 Å². The molecule has 0 aliphatic carbocycles. The summed E-state index contributed by atoms with van der Waals surface area (Å²) in [6.45, 7) is 1.08. The van der Waals surface area contributed by atoms with Crippen LogP contribution in [0.2, 0.25) is 5.02 Å². The monoisotopic (exact) mass is 253 g/mol. The summed E-state index contributed by atoms with van der Waals surface area (Å²) in [5.41, 5.74) is 0.346. The van der Waals surface area contributed by atoms with Crippen LogP contribution in [0.4, 0.5) is 0 Å². The van der Waals surface area contributed by atoms with Crippen LogP contribution >= 0.6 is 11.6 Å². The van der Waals surface area contributed by atoms with Gasteiger partial charge < -0.3 is 4.42 Å².